The summed E-state index contributed by atoms with van der Waals surface area (Å²) in [7, 11) is 0. The Balaban J connectivity index is 1.73. The van der Waals surface area contributed by atoms with Crippen LogP contribution in [0.4, 0.5) is 4.79 Å². The highest BCUT2D eigenvalue weighted by atomic mass is 16.6. The van der Waals surface area contributed by atoms with Crippen LogP contribution in [-0.2, 0) is 4.74 Å². The maximum absolute atomic E-state index is 12.0. The summed E-state index contributed by atoms with van der Waals surface area (Å²) in [5.74, 6) is 2.02. The standard InChI is InChI=1S/C19H34N2O2/c1-13-8-14(2)10-15(9-13)11-20-12-17(16-6-7-16)21-18(22)23-19(3,4)5/h8,13,15-17,20H,6-7,9-12H2,1-5H3,(H,21,22). The molecule has 0 aromatic carbocycles. The molecule has 0 heterocycles. The fraction of sp³-hybridized carbons (Fsp3) is 0.842. The van der Waals surface area contributed by atoms with Gasteiger partial charge in [0.15, 0.2) is 0 Å². The molecule has 2 aliphatic carbocycles. The molecule has 0 aromatic rings. The monoisotopic (exact) mass is 322 g/mol. The van der Waals surface area contributed by atoms with Gasteiger partial charge in [-0.1, -0.05) is 18.6 Å². The molecule has 0 aliphatic heterocycles. The Bertz CT molecular complexity index is 435. The lowest BCUT2D eigenvalue weighted by atomic mass is 9.84. The van der Waals surface area contributed by atoms with Crippen LogP contribution in [0.15, 0.2) is 11.6 Å². The van der Waals surface area contributed by atoms with E-state index >= 15 is 0 Å². The second kappa shape index (κ2) is 7.69. The molecule has 0 spiro atoms. The average Bonchev–Trinajstić information content (AvgIpc) is 3.18. The lowest BCUT2D eigenvalue weighted by Gasteiger charge is -2.27. The highest BCUT2D eigenvalue weighted by Crippen LogP contribution is 2.33. The molecule has 0 saturated heterocycles. The van der Waals surface area contributed by atoms with Crippen LogP contribution in [0.25, 0.3) is 0 Å². The Morgan fingerprint density at radius 2 is 2.09 bits per heavy atom. The van der Waals surface area contributed by atoms with Crippen molar-refractivity contribution in [2.24, 2.45) is 17.8 Å². The summed E-state index contributed by atoms with van der Waals surface area (Å²) < 4.78 is 5.39. The number of rotatable bonds is 6. The maximum atomic E-state index is 12.0. The number of alkyl carbamates (subject to hydrolysis) is 1. The molecule has 2 aliphatic rings. The molecule has 3 atom stereocenters. The number of allylic oxidation sites excluding steroid dienone is 2. The van der Waals surface area contributed by atoms with Crippen molar-refractivity contribution >= 4 is 6.09 Å². The molecule has 3 unspecified atom stereocenters. The molecule has 132 valence electrons. The Morgan fingerprint density at radius 1 is 1.39 bits per heavy atom. The first-order chi connectivity index (χ1) is 10.7. The second-order valence-corrected chi connectivity index (χ2v) is 8.54. The first-order valence-corrected chi connectivity index (χ1v) is 9.10. The molecule has 1 amide bonds. The van der Waals surface area contributed by atoms with Crippen molar-refractivity contribution in [2.75, 3.05) is 13.1 Å². The summed E-state index contributed by atoms with van der Waals surface area (Å²) in [5.41, 5.74) is 1.08. The van der Waals surface area contributed by atoms with E-state index in [-0.39, 0.29) is 12.1 Å². The van der Waals surface area contributed by atoms with Crippen molar-refractivity contribution in [1.82, 2.24) is 10.6 Å². The SMILES string of the molecule is CC1=CC(C)CC(CNCC(NC(=O)OC(C)(C)C)C2CC2)C1. The minimum absolute atomic E-state index is 0.197. The summed E-state index contributed by atoms with van der Waals surface area (Å²) >= 11 is 0. The third kappa shape index (κ3) is 6.94. The molecular weight excluding hydrogens is 288 g/mol. The van der Waals surface area contributed by atoms with Gasteiger partial charge < -0.3 is 15.4 Å². The Hall–Kier alpha value is -1.03. The van der Waals surface area contributed by atoms with E-state index in [0.29, 0.717) is 11.8 Å². The molecule has 23 heavy (non-hydrogen) atoms. The van der Waals surface area contributed by atoms with Gasteiger partial charge in [-0.05, 0) is 77.7 Å². The minimum atomic E-state index is -0.437. The van der Waals surface area contributed by atoms with Crippen LogP contribution in [0.2, 0.25) is 0 Å². The van der Waals surface area contributed by atoms with E-state index in [1.54, 1.807) is 0 Å². The van der Waals surface area contributed by atoms with Crippen LogP contribution < -0.4 is 10.6 Å². The quantitative estimate of drug-likeness (QED) is 0.730. The van der Waals surface area contributed by atoms with E-state index in [4.69, 9.17) is 4.74 Å². The summed E-state index contributed by atoms with van der Waals surface area (Å²) in [6, 6.07) is 0.197. The van der Waals surface area contributed by atoms with Crippen LogP contribution in [-0.4, -0.2) is 30.8 Å². The molecule has 1 saturated carbocycles. The molecule has 2 rings (SSSR count). The average molecular weight is 322 g/mol. The summed E-state index contributed by atoms with van der Waals surface area (Å²) in [6.45, 7) is 12.1. The largest absolute Gasteiger partial charge is 0.444 e. The third-order valence-corrected chi connectivity index (χ3v) is 4.58. The first kappa shape index (κ1) is 18.3. The van der Waals surface area contributed by atoms with Gasteiger partial charge in [0.1, 0.15) is 5.60 Å². The Labute approximate surface area is 141 Å². The molecule has 0 bridgehead atoms. The van der Waals surface area contributed by atoms with E-state index in [9.17, 15) is 4.79 Å². The van der Waals surface area contributed by atoms with Gasteiger partial charge >= 0.3 is 6.09 Å². The highest BCUT2D eigenvalue weighted by Gasteiger charge is 2.33. The van der Waals surface area contributed by atoms with Crippen LogP contribution in [0.5, 0.6) is 0 Å². The fourth-order valence-corrected chi connectivity index (χ4v) is 3.58. The highest BCUT2D eigenvalue weighted by molar-refractivity contribution is 5.68. The number of carbonyl (C=O) groups is 1. The zero-order valence-electron chi connectivity index (χ0n) is 15.4. The van der Waals surface area contributed by atoms with Crippen LogP contribution in [0, 0.1) is 17.8 Å². The van der Waals surface area contributed by atoms with Crippen molar-refractivity contribution in [3.63, 3.8) is 0 Å². The Kier molecular flexibility index (Phi) is 6.12. The van der Waals surface area contributed by atoms with Gasteiger partial charge in [-0.25, -0.2) is 4.79 Å². The van der Waals surface area contributed by atoms with Crippen LogP contribution >= 0.6 is 0 Å². The van der Waals surface area contributed by atoms with Gasteiger partial charge in [0.05, 0.1) is 0 Å². The molecule has 0 aromatic heterocycles. The zero-order chi connectivity index (χ0) is 17.0. The fourth-order valence-electron chi connectivity index (χ4n) is 3.58. The van der Waals surface area contributed by atoms with Crippen molar-refractivity contribution in [1.29, 1.82) is 0 Å². The summed E-state index contributed by atoms with van der Waals surface area (Å²) in [5, 5.41) is 6.64. The van der Waals surface area contributed by atoms with Gasteiger partial charge in [0, 0.05) is 12.6 Å². The number of nitrogens with one attached hydrogen (secondary N) is 2. The van der Waals surface area contributed by atoms with Gasteiger partial charge in [-0.15, -0.1) is 0 Å². The van der Waals surface area contributed by atoms with Gasteiger partial charge in [0.25, 0.3) is 0 Å². The van der Waals surface area contributed by atoms with Crippen molar-refractivity contribution in [3.05, 3.63) is 11.6 Å². The van der Waals surface area contributed by atoms with Crippen molar-refractivity contribution < 1.29 is 9.53 Å². The van der Waals surface area contributed by atoms with E-state index < -0.39 is 5.60 Å². The van der Waals surface area contributed by atoms with Crippen molar-refractivity contribution in [3.8, 4) is 0 Å². The number of carbonyl (C=O) groups excluding carboxylic acids is 1. The minimum Gasteiger partial charge on any atom is -0.444 e. The number of hydrogen-bond donors (Lipinski definition) is 2. The van der Waals surface area contributed by atoms with E-state index in [0.717, 1.165) is 19.0 Å². The van der Waals surface area contributed by atoms with E-state index in [1.807, 2.05) is 20.8 Å². The third-order valence-electron chi connectivity index (χ3n) is 4.58. The molecule has 2 N–H and O–H groups in total. The molecule has 4 heteroatoms. The lowest BCUT2D eigenvalue weighted by molar-refractivity contribution is 0.0497. The van der Waals surface area contributed by atoms with Crippen molar-refractivity contribution in [2.45, 2.75) is 71.9 Å². The molecule has 0 radical (unpaired) electrons. The zero-order valence-corrected chi connectivity index (χ0v) is 15.4. The molecule has 4 nitrogen and oxygen atoms in total. The summed E-state index contributed by atoms with van der Waals surface area (Å²) in [4.78, 5) is 12.0. The lowest BCUT2D eigenvalue weighted by Crippen LogP contribution is -2.46. The summed E-state index contributed by atoms with van der Waals surface area (Å²) in [6.07, 6.45) is 6.99. The predicted molar refractivity (Wildman–Crippen MR) is 94.4 cm³/mol. The van der Waals surface area contributed by atoms with E-state index in [2.05, 4.69) is 30.6 Å². The normalized spacial score (nSPS) is 26.4. The van der Waals surface area contributed by atoms with Gasteiger partial charge in [-0.2, -0.15) is 0 Å². The van der Waals surface area contributed by atoms with Crippen LogP contribution in [0.1, 0.15) is 60.3 Å². The maximum Gasteiger partial charge on any atom is 0.407 e. The Morgan fingerprint density at radius 3 is 2.65 bits per heavy atom. The topological polar surface area (TPSA) is 50.4 Å². The number of ether oxygens (including phenoxy) is 1. The first-order valence-electron chi connectivity index (χ1n) is 9.10. The molecule has 1 fully saturated rings. The molecular formula is C19H34N2O2. The van der Waals surface area contributed by atoms with Gasteiger partial charge in [-0.3, -0.25) is 0 Å². The van der Waals surface area contributed by atoms with Gasteiger partial charge in [0.2, 0.25) is 0 Å². The smallest absolute Gasteiger partial charge is 0.407 e. The van der Waals surface area contributed by atoms with Crippen LogP contribution in [0.3, 0.4) is 0 Å². The predicted octanol–water partition coefficient (Wildman–Crippen LogP) is 3.87. The number of amides is 1. The second-order valence-electron chi connectivity index (χ2n) is 8.54. The van der Waals surface area contributed by atoms with E-state index in [1.165, 1.54) is 31.3 Å². The number of hydrogen-bond acceptors (Lipinski definition) is 3.